The van der Waals surface area contributed by atoms with Crippen LogP contribution in [0.4, 0.5) is 0 Å². The Morgan fingerprint density at radius 1 is 1.33 bits per heavy atom. The molecule has 1 saturated heterocycles. The quantitative estimate of drug-likeness (QED) is 0.644. The number of nitrogens with two attached hydrogens (primary N) is 1. The molecule has 4 nitrogen and oxygen atoms in total. The van der Waals surface area contributed by atoms with Crippen LogP contribution in [0.5, 0.6) is 0 Å². The van der Waals surface area contributed by atoms with Gasteiger partial charge in [-0.15, -0.1) is 0 Å². The molecule has 0 bridgehead atoms. The molecule has 0 aromatic rings. The van der Waals surface area contributed by atoms with Gasteiger partial charge in [0.2, 0.25) is 10.0 Å². The predicted octanol–water partition coefficient (Wildman–Crippen LogP) is -0.631. The van der Waals surface area contributed by atoms with Crippen molar-refractivity contribution in [3.63, 3.8) is 0 Å². The Balaban J connectivity index is 1.94. The molecule has 0 spiro atoms. The van der Waals surface area contributed by atoms with E-state index in [0.717, 1.165) is 12.8 Å². The summed E-state index contributed by atoms with van der Waals surface area (Å²) in [4.78, 5) is 0. The normalized spacial score (nSPS) is 27.1. The van der Waals surface area contributed by atoms with Crippen molar-refractivity contribution in [2.75, 3.05) is 19.6 Å². The van der Waals surface area contributed by atoms with Gasteiger partial charge in [-0.25, -0.2) is 12.7 Å². The van der Waals surface area contributed by atoms with Crippen molar-refractivity contribution in [2.45, 2.75) is 18.1 Å². The third-order valence-corrected chi connectivity index (χ3v) is 4.89. The van der Waals surface area contributed by atoms with Gasteiger partial charge in [0.15, 0.2) is 0 Å². The number of hydrogen-bond donors (Lipinski definition) is 1. The molecule has 0 radical (unpaired) electrons. The van der Waals surface area contributed by atoms with Gasteiger partial charge in [-0.05, 0) is 25.3 Å². The fourth-order valence-corrected chi connectivity index (χ4v) is 3.45. The van der Waals surface area contributed by atoms with Gasteiger partial charge >= 0.3 is 0 Å². The highest BCUT2D eigenvalue weighted by molar-refractivity contribution is 7.90. The minimum Gasteiger partial charge on any atom is -0.330 e. The molecular weight excluding hydrogens is 176 g/mol. The molecule has 70 valence electrons. The van der Waals surface area contributed by atoms with Crippen LogP contribution < -0.4 is 5.73 Å². The molecule has 1 saturated carbocycles. The van der Waals surface area contributed by atoms with Gasteiger partial charge < -0.3 is 5.73 Å². The molecule has 2 aliphatic rings. The van der Waals surface area contributed by atoms with E-state index in [9.17, 15) is 8.42 Å². The van der Waals surface area contributed by atoms with Gasteiger partial charge in [0.25, 0.3) is 0 Å². The molecular formula is C7H14N2O2S. The summed E-state index contributed by atoms with van der Waals surface area (Å²) in [7, 11) is -2.89. The Morgan fingerprint density at radius 3 is 2.33 bits per heavy atom. The molecule has 12 heavy (non-hydrogen) atoms. The van der Waals surface area contributed by atoms with E-state index in [-0.39, 0.29) is 5.25 Å². The van der Waals surface area contributed by atoms with E-state index < -0.39 is 10.0 Å². The first-order valence-electron chi connectivity index (χ1n) is 4.33. The lowest BCUT2D eigenvalue weighted by Gasteiger charge is -2.37. The van der Waals surface area contributed by atoms with E-state index in [2.05, 4.69) is 0 Å². The Bertz CT molecular complexity index is 265. The molecule has 5 heteroatoms. The van der Waals surface area contributed by atoms with Crippen molar-refractivity contribution in [1.29, 1.82) is 0 Å². The van der Waals surface area contributed by atoms with E-state index in [1.807, 2.05) is 0 Å². The molecule has 0 amide bonds. The Kier molecular flexibility index (Phi) is 1.89. The second kappa shape index (κ2) is 2.68. The first-order valence-corrected chi connectivity index (χ1v) is 5.84. The van der Waals surface area contributed by atoms with E-state index in [1.165, 1.54) is 0 Å². The van der Waals surface area contributed by atoms with Gasteiger partial charge in [0.05, 0.1) is 5.25 Å². The van der Waals surface area contributed by atoms with Crippen molar-refractivity contribution in [2.24, 2.45) is 11.7 Å². The van der Waals surface area contributed by atoms with Crippen LogP contribution in [0.3, 0.4) is 0 Å². The molecule has 1 heterocycles. The number of rotatable bonds is 3. The molecule has 0 unspecified atom stereocenters. The fraction of sp³-hybridized carbons (Fsp3) is 1.00. The maximum Gasteiger partial charge on any atom is 0.217 e. The average molecular weight is 190 g/mol. The van der Waals surface area contributed by atoms with Crippen molar-refractivity contribution in [1.82, 2.24) is 4.31 Å². The molecule has 0 aromatic heterocycles. The van der Waals surface area contributed by atoms with E-state index in [4.69, 9.17) is 5.73 Å². The lowest BCUT2D eigenvalue weighted by molar-refractivity contribution is 0.207. The van der Waals surface area contributed by atoms with Crippen LogP contribution >= 0.6 is 0 Å². The lowest BCUT2D eigenvalue weighted by Crippen LogP contribution is -2.53. The van der Waals surface area contributed by atoms with Crippen LogP contribution in [-0.4, -0.2) is 37.6 Å². The summed E-state index contributed by atoms with van der Waals surface area (Å²) in [5, 5.41) is -0.0591. The molecule has 2 fully saturated rings. The first kappa shape index (κ1) is 8.47. The van der Waals surface area contributed by atoms with Crippen LogP contribution in [0.1, 0.15) is 12.8 Å². The smallest absolute Gasteiger partial charge is 0.217 e. The zero-order valence-electron chi connectivity index (χ0n) is 6.94. The second-order valence-corrected chi connectivity index (χ2v) is 5.88. The maximum absolute atomic E-state index is 11.5. The summed E-state index contributed by atoms with van der Waals surface area (Å²) in [5.41, 5.74) is 5.41. The molecule has 2 N–H and O–H groups in total. The fourth-order valence-electron chi connectivity index (χ4n) is 1.46. The van der Waals surface area contributed by atoms with Gasteiger partial charge in [-0.3, -0.25) is 0 Å². The molecule has 0 aromatic carbocycles. The molecule has 1 aliphatic carbocycles. The van der Waals surface area contributed by atoms with E-state index >= 15 is 0 Å². The van der Waals surface area contributed by atoms with Crippen LogP contribution in [0, 0.1) is 5.92 Å². The minimum absolute atomic E-state index is 0.0591. The SMILES string of the molecule is NCC1CN(S(=O)(=O)C2CC2)C1. The summed E-state index contributed by atoms with van der Waals surface area (Å²) in [6.45, 7) is 1.90. The minimum atomic E-state index is -2.89. The average Bonchev–Trinajstić information content (AvgIpc) is 2.63. The number of sulfonamides is 1. The number of hydrogen-bond acceptors (Lipinski definition) is 3. The van der Waals surface area contributed by atoms with Gasteiger partial charge in [0.1, 0.15) is 0 Å². The number of nitrogens with zero attached hydrogens (tertiary/aromatic N) is 1. The van der Waals surface area contributed by atoms with E-state index in [0.29, 0.717) is 25.6 Å². The summed E-state index contributed by atoms with van der Waals surface area (Å²) < 4.78 is 24.6. The van der Waals surface area contributed by atoms with Crippen LogP contribution in [0.15, 0.2) is 0 Å². The van der Waals surface area contributed by atoms with Gasteiger partial charge in [-0.2, -0.15) is 0 Å². The largest absolute Gasteiger partial charge is 0.330 e. The third-order valence-electron chi connectivity index (χ3n) is 2.56. The Labute approximate surface area is 72.8 Å². The van der Waals surface area contributed by atoms with Crippen LogP contribution in [-0.2, 0) is 10.0 Å². The standard InChI is InChI=1S/C7H14N2O2S/c8-3-6-4-9(5-6)12(10,11)7-1-2-7/h6-7H,1-5,8H2. The maximum atomic E-state index is 11.5. The van der Waals surface area contributed by atoms with E-state index in [1.54, 1.807) is 4.31 Å². The molecule has 1 aliphatic heterocycles. The lowest BCUT2D eigenvalue weighted by atomic mass is 10.0. The Morgan fingerprint density at radius 2 is 1.92 bits per heavy atom. The van der Waals surface area contributed by atoms with Gasteiger partial charge in [-0.1, -0.05) is 0 Å². The predicted molar refractivity (Wildman–Crippen MR) is 46.1 cm³/mol. The van der Waals surface area contributed by atoms with Crippen molar-refractivity contribution in [3.8, 4) is 0 Å². The van der Waals surface area contributed by atoms with Crippen molar-refractivity contribution < 1.29 is 8.42 Å². The highest BCUT2D eigenvalue weighted by atomic mass is 32.2. The van der Waals surface area contributed by atoms with Crippen LogP contribution in [0.25, 0.3) is 0 Å². The summed E-state index contributed by atoms with van der Waals surface area (Å²) in [6.07, 6.45) is 1.71. The molecule has 2 rings (SSSR count). The molecule has 0 atom stereocenters. The zero-order valence-corrected chi connectivity index (χ0v) is 7.76. The summed E-state index contributed by atoms with van der Waals surface area (Å²) in [6, 6.07) is 0. The van der Waals surface area contributed by atoms with Crippen molar-refractivity contribution in [3.05, 3.63) is 0 Å². The zero-order chi connectivity index (χ0) is 8.77. The summed E-state index contributed by atoms with van der Waals surface area (Å²) in [5.74, 6) is 0.401. The second-order valence-electron chi connectivity index (χ2n) is 3.66. The van der Waals surface area contributed by atoms with Gasteiger partial charge in [0, 0.05) is 13.1 Å². The van der Waals surface area contributed by atoms with Crippen molar-refractivity contribution >= 4 is 10.0 Å². The Hall–Kier alpha value is -0.130. The third kappa shape index (κ3) is 1.26. The monoisotopic (exact) mass is 190 g/mol. The highest BCUT2D eigenvalue weighted by Gasteiger charge is 2.44. The van der Waals surface area contributed by atoms with Crippen LogP contribution in [0.2, 0.25) is 0 Å². The highest BCUT2D eigenvalue weighted by Crippen LogP contribution is 2.34. The first-order chi connectivity index (χ1) is 5.64. The summed E-state index contributed by atoms with van der Waals surface area (Å²) >= 11 is 0. The topological polar surface area (TPSA) is 63.4 Å².